The number of nitrogens with one attached hydrogen (secondary N) is 1. The Labute approximate surface area is 108 Å². The molecule has 0 aliphatic carbocycles. The number of imidazole rings is 1. The van der Waals surface area contributed by atoms with Crippen molar-refractivity contribution in [3.8, 4) is 0 Å². The molecule has 0 fully saturated rings. The van der Waals surface area contributed by atoms with Gasteiger partial charge >= 0.3 is 0 Å². The van der Waals surface area contributed by atoms with E-state index in [1.54, 1.807) is 0 Å². The second kappa shape index (κ2) is 5.82. The molecule has 0 bridgehead atoms. The average molecular weight is 247 g/mol. The van der Waals surface area contributed by atoms with Gasteiger partial charge in [0.1, 0.15) is 5.82 Å². The van der Waals surface area contributed by atoms with E-state index in [1.165, 1.54) is 5.56 Å². The maximum absolute atomic E-state index is 4.43. The maximum atomic E-state index is 4.43. The standard InChI is InChI=1S/C13H21N5/c1-4-14-12(13-15-7-8-17(13)2)6-5-11-9-16-18(3)10-11/h7-10,12,14H,4-6H2,1-3H3. The summed E-state index contributed by atoms with van der Waals surface area (Å²) >= 11 is 0. The molecule has 5 heteroatoms. The topological polar surface area (TPSA) is 47.7 Å². The van der Waals surface area contributed by atoms with Crippen LogP contribution in [0.5, 0.6) is 0 Å². The van der Waals surface area contributed by atoms with Gasteiger partial charge in [-0.2, -0.15) is 5.10 Å². The van der Waals surface area contributed by atoms with Crippen molar-refractivity contribution < 1.29 is 0 Å². The summed E-state index contributed by atoms with van der Waals surface area (Å²) in [6.45, 7) is 3.07. The van der Waals surface area contributed by atoms with Crippen molar-refractivity contribution in [1.29, 1.82) is 0 Å². The van der Waals surface area contributed by atoms with E-state index < -0.39 is 0 Å². The Bertz CT molecular complexity index is 485. The fourth-order valence-electron chi connectivity index (χ4n) is 2.19. The van der Waals surface area contributed by atoms with Crippen molar-refractivity contribution in [1.82, 2.24) is 24.6 Å². The zero-order valence-corrected chi connectivity index (χ0v) is 11.3. The van der Waals surface area contributed by atoms with Gasteiger partial charge in [0.15, 0.2) is 0 Å². The van der Waals surface area contributed by atoms with Gasteiger partial charge in [-0.3, -0.25) is 4.68 Å². The molecule has 2 rings (SSSR count). The smallest absolute Gasteiger partial charge is 0.125 e. The largest absolute Gasteiger partial charge is 0.337 e. The molecular formula is C13H21N5. The fraction of sp³-hybridized carbons (Fsp3) is 0.538. The quantitative estimate of drug-likeness (QED) is 0.840. The van der Waals surface area contributed by atoms with Crippen molar-refractivity contribution in [2.45, 2.75) is 25.8 Å². The zero-order valence-electron chi connectivity index (χ0n) is 11.3. The number of nitrogens with zero attached hydrogens (tertiary/aromatic N) is 4. The van der Waals surface area contributed by atoms with Gasteiger partial charge in [0.2, 0.25) is 0 Å². The van der Waals surface area contributed by atoms with Crippen LogP contribution in [0.25, 0.3) is 0 Å². The Morgan fingerprint density at radius 2 is 2.22 bits per heavy atom. The summed E-state index contributed by atoms with van der Waals surface area (Å²) in [6, 6.07) is 0.301. The summed E-state index contributed by atoms with van der Waals surface area (Å²) in [6.07, 6.45) is 9.89. The van der Waals surface area contributed by atoms with Crippen LogP contribution in [-0.2, 0) is 20.5 Å². The van der Waals surface area contributed by atoms with Crippen molar-refractivity contribution in [2.75, 3.05) is 6.54 Å². The Hall–Kier alpha value is -1.62. The van der Waals surface area contributed by atoms with Gasteiger partial charge in [0.05, 0.1) is 12.2 Å². The van der Waals surface area contributed by atoms with Gasteiger partial charge in [0, 0.05) is 32.7 Å². The van der Waals surface area contributed by atoms with E-state index in [-0.39, 0.29) is 0 Å². The summed E-state index contributed by atoms with van der Waals surface area (Å²) in [4.78, 5) is 4.43. The van der Waals surface area contributed by atoms with Crippen molar-refractivity contribution >= 4 is 0 Å². The first-order valence-electron chi connectivity index (χ1n) is 6.38. The molecule has 0 saturated heterocycles. The molecule has 2 aromatic rings. The van der Waals surface area contributed by atoms with E-state index in [1.807, 2.05) is 37.4 Å². The Kier molecular flexibility index (Phi) is 4.15. The van der Waals surface area contributed by atoms with Crippen molar-refractivity contribution in [2.24, 2.45) is 14.1 Å². The lowest BCUT2D eigenvalue weighted by molar-refractivity contribution is 0.478. The average Bonchev–Trinajstić information content (AvgIpc) is 2.94. The molecule has 0 aliphatic rings. The first kappa shape index (κ1) is 12.8. The van der Waals surface area contributed by atoms with E-state index >= 15 is 0 Å². The summed E-state index contributed by atoms with van der Waals surface area (Å²) in [5.41, 5.74) is 1.27. The SMILES string of the molecule is CCNC(CCc1cnn(C)c1)c1nccn1C. The molecule has 2 heterocycles. The molecule has 1 N–H and O–H groups in total. The van der Waals surface area contributed by atoms with Gasteiger partial charge < -0.3 is 9.88 Å². The fourth-order valence-corrected chi connectivity index (χ4v) is 2.19. The molecule has 1 unspecified atom stereocenters. The molecule has 0 amide bonds. The Morgan fingerprint density at radius 1 is 1.39 bits per heavy atom. The minimum absolute atomic E-state index is 0.301. The van der Waals surface area contributed by atoms with Crippen LogP contribution in [0.15, 0.2) is 24.8 Å². The van der Waals surface area contributed by atoms with Gasteiger partial charge in [-0.1, -0.05) is 6.92 Å². The third-order valence-electron chi connectivity index (χ3n) is 3.10. The first-order valence-corrected chi connectivity index (χ1v) is 6.38. The van der Waals surface area contributed by atoms with Gasteiger partial charge in [-0.15, -0.1) is 0 Å². The number of rotatable bonds is 6. The number of aryl methyl sites for hydroxylation is 3. The summed E-state index contributed by atoms with van der Waals surface area (Å²) in [7, 11) is 3.99. The minimum Gasteiger partial charge on any atom is -0.337 e. The molecule has 1 atom stereocenters. The highest BCUT2D eigenvalue weighted by atomic mass is 15.2. The predicted octanol–water partition coefficient (Wildman–Crippen LogP) is 1.44. The molecule has 18 heavy (non-hydrogen) atoms. The van der Waals surface area contributed by atoms with Crippen LogP contribution in [0.2, 0.25) is 0 Å². The molecule has 5 nitrogen and oxygen atoms in total. The predicted molar refractivity (Wildman–Crippen MR) is 71.2 cm³/mol. The van der Waals surface area contributed by atoms with E-state index in [0.717, 1.165) is 25.2 Å². The molecular weight excluding hydrogens is 226 g/mol. The van der Waals surface area contributed by atoms with Crippen LogP contribution in [-0.4, -0.2) is 25.9 Å². The second-order valence-corrected chi connectivity index (χ2v) is 4.57. The highest BCUT2D eigenvalue weighted by Crippen LogP contribution is 2.17. The first-order chi connectivity index (χ1) is 8.70. The van der Waals surface area contributed by atoms with Crippen LogP contribution in [0, 0.1) is 0 Å². The molecule has 0 spiro atoms. The van der Waals surface area contributed by atoms with Gasteiger partial charge in [-0.25, -0.2) is 4.98 Å². The molecule has 0 saturated carbocycles. The van der Waals surface area contributed by atoms with Crippen LogP contribution < -0.4 is 5.32 Å². The highest BCUT2D eigenvalue weighted by Gasteiger charge is 2.14. The summed E-state index contributed by atoms with van der Waals surface area (Å²) < 4.78 is 3.93. The Morgan fingerprint density at radius 3 is 2.78 bits per heavy atom. The van der Waals surface area contributed by atoms with Crippen molar-refractivity contribution in [3.05, 3.63) is 36.2 Å². The molecule has 2 aromatic heterocycles. The molecule has 98 valence electrons. The second-order valence-electron chi connectivity index (χ2n) is 4.57. The van der Waals surface area contributed by atoms with E-state index in [9.17, 15) is 0 Å². The van der Waals surface area contributed by atoms with Crippen LogP contribution in [0.1, 0.15) is 30.8 Å². The normalized spacial score (nSPS) is 12.8. The minimum atomic E-state index is 0.301. The Balaban J connectivity index is 2.01. The lowest BCUT2D eigenvalue weighted by atomic mass is 10.1. The number of aromatic nitrogens is 4. The van der Waals surface area contributed by atoms with Gasteiger partial charge in [0.25, 0.3) is 0 Å². The number of hydrogen-bond acceptors (Lipinski definition) is 3. The van der Waals surface area contributed by atoms with Crippen LogP contribution in [0.3, 0.4) is 0 Å². The third kappa shape index (κ3) is 2.98. The lowest BCUT2D eigenvalue weighted by Crippen LogP contribution is -2.24. The van der Waals surface area contributed by atoms with Crippen LogP contribution >= 0.6 is 0 Å². The molecule has 0 radical (unpaired) electrons. The van der Waals surface area contributed by atoms with E-state index in [4.69, 9.17) is 0 Å². The van der Waals surface area contributed by atoms with Crippen molar-refractivity contribution in [3.63, 3.8) is 0 Å². The summed E-state index contributed by atoms with van der Waals surface area (Å²) in [5, 5.41) is 7.69. The van der Waals surface area contributed by atoms with Gasteiger partial charge in [-0.05, 0) is 24.9 Å². The van der Waals surface area contributed by atoms with E-state index in [0.29, 0.717) is 6.04 Å². The monoisotopic (exact) mass is 247 g/mol. The molecule has 0 aliphatic heterocycles. The maximum Gasteiger partial charge on any atom is 0.125 e. The van der Waals surface area contributed by atoms with Crippen LogP contribution in [0.4, 0.5) is 0 Å². The lowest BCUT2D eigenvalue weighted by Gasteiger charge is -2.17. The third-order valence-corrected chi connectivity index (χ3v) is 3.10. The highest BCUT2D eigenvalue weighted by molar-refractivity contribution is 5.06. The number of hydrogen-bond donors (Lipinski definition) is 1. The van der Waals surface area contributed by atoms with E-state index in [2.05, 4.69) is 33.1 Å². The summed E-state index contributed by atoms with van der Waals surface area (Å²) in [5.74, 6) is 1.10. The molecule has 0 aromatic carbocycles. The zero-order chi connectivity index (χ0) is 13.0.